The summed E-state index contributed by atoms with van der Waals surface area (Å²) >= 11 is 0. The molecule has 0 atom stereocenters. The summed E-state index contributed by atoms with van der Waals surface area (Å²) in [5, 5.41) is 0. The lowest BCUT2D eigenvalue weighted by Gasteiger charge is -2.09. The minimum atomic E-state index is -0.535. The van der Waals surface area contributed by atoms with E-state index in [0.29, 0.717) is 12.2 Å². The van der Waals surface area contributed by atoms with Crippen molar-refractivity contribution < 1.29 is 28.6 Å². The second-order valence-electron chi connectivity index (χ2n) is 8.99. The fourth-order valence-corrected chi connectivity index (χ4v) is 3.78. The van der Waals surface area contributed by atoms with Gasteiger partial charge in [0, 0.05) is 19.9 Å². The van der Waals surface area contributed by atoms with E-state index in [1.165, 1.54) is 109 Å². The Morgan fingerprint density at radius 3 is 1.69 bits per heavy atom. The highest BCUT2D eigenvalue weighted by Gasteiger charge is 2.10. The van der Waals surface area contributed by atoms with Gasteiger partial charge in [-0.25, -0.2) is 4.79 Å². The van der Waals surface area contributed by atoms with Crippen LogP contribution in [-0.2, 0) is 19.1 Å². The van der Waals surface area contributed by atoms with Crippen LogP contribution in [0.3, 0.4) is 0 Å². The van der Waals surface area contributed by atoms with Gasteiger partial charge in [0.2, 0.25) is 0 Å². The van der Waals surface area contributed by atoms with Crippen molar-refractivity contribution in [3.05, 3.63) is 29.8 Å². The minimum absolute atomic E-state index is 0.116. The van der Waals surface area contributed by atoms with E-state index in [0.717, 1.165) is 12.8 Å². The Morgan fingerprint density at radius 1 is 0.686 bits per heavy atom. The molecule has 0 saturated heterocycles. The number of hydrogen-bond donors (Lipinski definition) is 0. The molecular formula is C29H44O6. The van der Waals surface area contributed by atoms with E-state index >= 15 is 0 Å². The lowest BCUT2D eigenvalue weighted by Crippen LogP contribution is -2.07. The molecule has 0 aromatic heterocycles. The maximum absolute atomic E-state index is 12.0. The van der Waals surface area contributed by atoms with Gasteiger partial charge in [-0.3, -0.25) is 9.59 Å². The third-order valence-corrected chi connectivity index (χ3v) is 5.63. The lowest BCUT2D eigenvalue weighted by molar-refractivity contribution is -0.138. The molecule has 0 aliphatic heterocycles. The number of benzene rings is 1. The maximum atomic E-state index is 12.0. The van der Waals surface area contributed by atoms with Crippen molar-refractivity contribution in [3.63, 3.8) is 0 Å². The van der Waals surface area contributed by atoms with Gasteiger partial charge >= 0.3 is 17.9 Å². The van der Waals surface area contributed by atoms with Gasteiger partial charge in [-0.2, -0.15) is 0 Å². The van der Waals surface area contributed by atoms with Crippen molar-refractivity contribution in [2.24, 2.45) is 0 Å². The summed E-state index contributed by atoms with van der Waals surface area (Å²) in [6, 6.07) is 4.69. The van der Waals surface area contributed by atoms with E-state index in [2.05, 4.69) is 6.92 Å². The molecule has 6 nitrogen and oxygen atoms in total. The summed E-state index contributed by atoms with van der Waals surface area (Å²) in [5.41, 5.74) is 0.616. The first-order chi connectivity index (χ1) is 16.9. The van der Waals surface area contributed by atoms with Crippen LogP contribution in [0, 0.1) is 0 Å². The zero-order valence-electron chi connectivity index (χ0n) is 21.9. The number of hydrogen-bond acceptors (Lipinski definition) is 6. The molecular weight excluding hydrogens is 444 g/mol. The maximum Gasteiger partial charge on any atom is 0.330 e. The van der Waals surface area contributed by atoms with Crippen molar-refractivity contribution in [2.75, 3.05) is 6.61 Å². The van der Waals surface area contributed by atoms with Crippen LogP contribution < -0.4 is 9.47 Å². The van der Waals surface area contributed by atoms with Crippen molar-refractivity contribution in [1.82, 2.24) is 0 Å². The Labute approximate surface area is 211 Å². The molecule has 196 valence electrons. The summed E-state index contributed by atoms with van der Waals surface area (Å²) in [6.45, 7) is 5.19. The molecule has 0 heterocycles. The van der Waals surface area contributed by atoms with E-state index in [9.17, 15) is 14.4 Å². The number of carbonyl (C=O) groups excluding carboxylic acids is 3. The first-order valence-electron chi connectivity index (χ1n) is 13.3. The Morgan fingerprint density at radius 2 is 1.17 bits per heavy atom. The third-order valence-electron chi connectivity index (χ3n) is 5.63. The summed E-state index contributed by atoms with van der Waals surface area (Å²) in [7, 11) is 0. The van der Waals surface area contributed by atoms with Crippen molar-refractivity contribution in [1.29, 1.82) is 0 Å². The number of carbonyl (C=O) groups is 3. The van der Waals surface area contributed by atoms with Gasteiger partial charge in [-0.05, 0) is 30.2 Å². The molecule has 0 aliphatic carbocycles. The molecule has 0 spiro atoms. The Kier molecular flexibility index (Phi) is 17.1. The molecule has 0 aliphatic rings. The molecule has 35 heavy (non-hydrogen) atoms. The van der Waals surface area contributed by atoms with E-state index < -0.39 is 17.9 Å². The fourth-order valence-electron chi connectivity index (χ4n) is 3.78. The predicted molar refractivity (Wildman–Crippen MR) is 139 cm³/mol. The highest BCUT2D eigenvalue weighted by Crippen LogP contribution is 2.29. The topological polar surface area (TPSA) is 78.9 Å². The van der Waals surface area contributed by atoms with Crippen LogP contribution in [0.25, 0.3) is 6.08 Å². The Hall–Kier alpha value is -2.63. The van der Waals surface area contributed by atoms with Crippen LogP contribution in [0.5, 0.6) is 11.5 Å². The molecule has 6 heteroatoms. The third kappa shape index (κ3) is 16.6. The molecule has 1 aromatic carbocycles. The van der Waals surface area contributed by atoms with Crippen LogP contribution in [0.2, 0.25) is 0 Å². The van der Waals surface area contributed by atoms with E-state index in [1.807, 2.05) is 0 Å². The van der Waals surface area contributed by atoms with Crippen molar-refractivity contribution in [3.8, 4) is 11.5 Å². The first-order valence-corrected chi connectivity index (χ1v) is 13.3. The van der Waals surface area contributed by atoms with Crippen molar-refractivity contribution >= 4 is 24.0 Å². The number of esters is 3. The van der Waals surface area contributed by atoms with E-state index in [1.54, 1.807) is 12.1 Å². The monoisotopic (exact) mass is 488 g/mol. The quantitative estimate of drug-likeness (QED) is 0.0864. The molecule has 1 aromatic rings. The summed E-state index contributed by atoms with van der Waals surface area (Å²) in [4.78, 5) is 34.5. The molecule has 0 radical (unpaired) electrons. The van der Waals surface area contributed by atoms with Crippen molar-refractivity contribution in [2.45, 2.75) is 111 Å². The zero-order chi connectivity index (χ0) is 25.7. The predicted octanol–water partition coefficient (Wildman–Crippen LogP) is 7.57. The zero-order valence-corrected chi connectivity index (χ0v) is 21.9. The first kappa shape index (κ1) is 30.4. The molecule has 1 rings (SSSR count). The molecule has 0 bridgehead atoms. The van der Waals surface area contributed by atoms with Gasteiger partial charge < -0.3 is 14.2 Å². The van der Waals surface area contributed by atoms with Gasteiger partial charge in [0.25, 0.3) is 0 Å². The smallest absolute Gasteiger partial charge is 0.330 e. The summed E-state index contributed by atoms with van der Waals surface area (Å²) in [6.07, 6.45) is 20.9. The molecule has 0 fully saturated rings. The SMILES string of the molecule is CCCCCCCCCCCCCCCCOC(=O)/C=C/c1ccc(OC(C)=O)c(OC(C)=O)c1. The molecule has 0 unspecified atom stereocenters. The minimum Gasteiger partial charge on any atom is -0.463 e. The van der Waals surface area contributed by atoms with Crippen LogP contribution in [-0.4, -0.2) is 24.5 Å². The van der Waals surface area contributed by atoms with E-state index in [4.69, 9.17) is 14.2 Å². The largest absolute Gasteiger partial charge is 0.463 e. The van der Waals surface area contributed by atoms with Gasteiger partial charge in [0.15, 0.2) is 11.5 Å². The van der Waals surface area contributed by atoms with Crippen LogP contribution in [0.4, 0.5) is 0 Å². The fraction of sp³-hybridized carbons (Fsp3) is 0.621. The molecule has 0 N–H and O–H groups in total. The van der Waals surface area contributed by atoms with Gasteiger partial charge in [0.05, 0.1) is 6.61 Å². The second-order valence-corrected chi connectivity index (χ2v) is 8.99. The van der Waals surface area contributed by atoms with Crippen LogP contribution >= 0.6 is 0 Å². The standard InChI is InChI=1S/C29H44O6/c1-4-5-6-7-8-9-10-11-12-13-14-15-16-17-22-33-29(32)21-19-26-18-20-27(34-24(2)30)28(23-26)35-25(3)31/h18-21,23H,4-17,22H2,1-3H3/b21-19+. The van der Waals surface area contributed by atoms with Crippen LogP contribution in [0.15, 0.2) is 24.3 Å². The average Bonchev–Trinajstić information content (AvgIpc) is 2.81. The van der Waals surface area contributed by atoms with E-state index in [-0.39, 0.29) is 11.5 Å². The molecule has 0 amide bonds. The second kappa shape index (κ2) is 19.7. The normalized spacial score (nSPS) is 10.9. The van der Waals surface area contributed by atoms with Gasteiger partial charge in [0.1, 0.15) is 0 Å². The molecule has 0 saturated carbocycles. The summed E-state index contributed by atoms with van der Waals surface area (Å²) in [5.74, 6) is -1.21. The highest BCUT2D eigenvalue weighted by molar-refractivity contribution is 5.87. The van der Waals surface area contributed by atoms with Gasteiger partial charge in [-0.15, -0.1) is 0 Å². The highest BCUT2D eigenvalue weighted by atomic mass is 16.6. The number of unbranched alkanes of at least 4 members (excludes halogenated alkanes) is 13. The lowest BCUT2D eigenvalue weighted by atomic mass is 10.0. The number of rotatable bonds is 19. The Balaban J connectivity index is 2.14. The Bertz CT molecular complexity index is 783. The number of ether oxygens (including phenoxy) is 3. The average molecular weight is 489 g/mol. The van der Waals surface area contributed by atoms with Gasteiger partial charge in [-0.1, -0.05) is 96.5 Å². The van der Waals surface area contributed by atoms with Crippen LogP contribution in [0.1, 0.15) is 116 Å². The summed E-state index contributed by atoms with van der Waals surface area (Å²) < 4.78 is 15.4.